The number of amides is 1. The summed E-state index contributed by atoms with van der Waals surface area (Å²) in [5.41, 5.74) is 0.879. The third-order valence-corrected chi connectivity index (χ3v) is 6.64. The lowest BCUT2D eigenvalue weighted by Gasteiger charge is -2.15. The number of benzene rings is 2. The van der Waals surface area contributed by atoms with Crippen LogP contribution >= 0.6 is 35.0 Å². The Morgan fingerprint density at radius 3 is 2.50 bits per heavy atom. The van der Waals surface area contributed by atoms with Crippen molar-refractivity contribution in [3.8, 4) is 5.75 Å². The summed E-state index contributed by atoms with van der Waals surface area (Å²) < 4.78 is 15.3. The number of nitrogens with zero attached hydrogens (tertiary/aromatic N) is 4. The highest BCUT2D eigenvalue weighted by molar-refractivity contribution is 7.99. The van der Waals surface area contributed by atoms with Crippen LogP contribution in [0.1, 0.15) is 12.0 Å². The molecule has 202 valence electrons. The zero-order valence-electron chi connectivity index (χ0n) is 20.0. The number of hydrogen-bond donors (Lipinski definition) is 2. The van der Waals surface area contributed by atoms with Crippen molar-refractivity contribution in [3.05, 3.63) is 58.1 Å². The van der Waals surface area contributed by atoms with Crippen molar-refractivity contribution in [2.75, 3.05) is 20.5 Å². The van der Waals surface area contributed by atoms with Crippen molar-refractivity contribution in [2.24, 2.45) is 0 Å². The number of nitrogens with one attached hydrogen (secondary N) is 1. The number of halogens is 2. The van der Waals surface area contributed by atoms with Gasteiger partial charge in [-0.1, -0.05) is 41.4 Å². The van der Waals surface area contributed by atoms with Crippen LogP contribution in [-0.4, -0.2) is 69.7 Å². The third-order valence-electron chi connectivity index (χ3n) is 4.79. The molecule has 38 heavy (non-hydrogen) atoms. The quantitative estimate of drug-likeness (QED) is 0.268. The van der Waals surface area contributed by atoms with E-state index in [9.17, 15) is 19.5 Å². The van der Waals surface area contributed by atoms with Crippen LogP contribution in [0, 0.1) is 0 Å². The Labute approximate surface area is 231 Å². The molecule has 3 aromatic rings. The Morgan fingerprint density at radius 1 is 1.13 bits per heavy atom. The lowest BCUT2D eigenvalue weighted by molar-refractivity contribution is -0.139. The van der Waals surface area contributed by atoms with Crippen molar-refractivity contribution >= 4 is 52.8 Å². The topological polar surface area (TPSA) is 155 Å². The number of alkyl carbamates (subject to hydrolysis) is 1. The Morgan fingerprint density at radius 2 is 1.84 bits per heavy atom. The monoisotopic (exact) mass is 583 g/mol. The van der Waals surface area contributed by atoms with E-state index >= 15 is 0 Å². The fourth-order valence-electron chi connectivity index (χ4n) is 3.00. The molecule has 15 heteroatoms. The summed E-state index contributed by atoms with van der Waals surface area (Å²) in [6, 6.07) is 10.7. The minimum absolute atomic E-state index is 0.00785. The molecule has 0 radical (unpaired) electrons. The summed E-state index contributed by atoms with van der Waals surface area (Å²) in [4.78, 5) is 37.7. The molecular weight excluding hydrogens is 561 g/mol. The first-order valence-electron chi connectivity index (χ1n) is 11.0. The Hall–Kier alpha value is -3.39. The molecule has 0 aliphatic rings. The summed E-state index contributed by atoms with van der Waals surface area (Å²) in [7, 11) is 1.52. The number of carboxylic acids is 1. The van der Waals surface area contributed by atoms with E-state index in [1.807, 2.05) is 0 Å². The van der Waals surface area contributed by atoms with Gasteiger partial charge in [-0.25, -0.2) is 4.79 Å². The number of hydrogen-bond acceptors (Lipinski definition) is 10. The summed E-state index contributed by atoms with van der Waals surface area (Å²) >= 11 is 13.3. The molecule has 1 atom stereocenters. The van der Waals surface area contributed by atoms with Gasteiger partial charge in [-0.2, -0.15) is 4.80 Å². The number of rotatable bonds is 14. The number of ether oxygens (including phenoxy) is 3. The van der Waals surface area contributed by atoms with Crippen LogP contribution in [0.2, 0.25) is 10.0 Å². The van der Waals surface area contributed by atoms with Crippen molar-refractivity contribution in [2.45, 2.75) is 35.5 Å². The molecule has 0 bridgehead atoms. The second kappa shape index (κ2) is 14.5. The van der Waals surface area contributed by atoms with Crippen molar-refractivity contribution in [3.63, 3.8) is 0 Å². The lowest BCUT2D eigenvalue weighted by atomic mass is 10.1. The van der Waals surface area contributed by atoms with Gasteiger partial charge in [0.2, 0.25) is 5.16 Å². The van der Waals surface area contributed by atoms with Gasteiger partial charge in [0.15, 0.2) is 12.6 Å². The number of carbonyl (C=O) groups excluding carboxylic acids is 2. The van der Waals surface area contributed by atoms with E-state index in [0.29, 0.717) is 27.1 Å². The van der Waals surface area contributed by atoms with Crippen molar-refractivity contribution < 1.29 is 33.7 Å². The molecule has 0 aliphatic heterocycles. The first kappa shape index (κ1) is 29.2. The Bertz CT molecular complexity index is 1240. The van der Waals surface area contributed by atoms with Crippen LogP contribution in [0.4, 0.5) is 4.79 Å². The highest BCUT2D eigenvalue weighted by Gasteiger charge is 2.25. The number of ketones is 1. The number of carbonyl (C=O) groups is 3. The number of Topliss-reactive ketones (excluding diaryl/α,β-unsaturated/α-hetero) is 1. The van der Waals surface area contributed by atoms with Crippen LogP contribution in [-0.2, 0) is 32.0 Å². The smallest absolute Gasteiger partial charge is 0.407 e. The first-order chi connectivity index (χ1) is 18.2. The molecule has 1 amide bonds. The van der Waals surface area contributed by atoms with Crippen LogP contribution < -0.4 is 10.1 Å². The second-order valence-electron chi connectivity index (χ2n) is 7.60. The molecule has 12 nitrogen and oxygen atoms in total. The molecule has 1 unspecified atom stereocenters. The maximum atomic E-state index is 12.7. The summed E-state index contributed by atoms with van der Waals surface area (Å²) in [6.45, 7) is -0.295. The van der Waals surface area contributed by atoms with E-state index in [2.05, 4.69) is 20.7 Å². The fourth-order valence-corrected chi connectivity index (χ4v) is 4.36. The van der Waals surface area contributed by atoms with E-state index < -0.39 is 36.9 Å². The SMILES string of the molecule is COCOc1ccc(CCOC(=O)NC(CC(=O)O)C(=O)Cn2nnc(Sc3c(Cl)cccc3Cl)n2)cc1. The van der Waals surface area contributed by atoms with Gasteiger partial charge in [-0.3, -0.25) is 9.59 Å². The molecule has 1 heterocycles. The molecule has 1 aromatic heterocycles. The van der Waals surface area contributed by atoms with Crippen LogP contribution in [0.15, 0.2) is 52.5 Å². The normalized spacial score (nSPS) is 11.6. The Balaban J connectivity index is 1.51. The molecule has 0 spiro atoms. The van der Waals surface area contributed by atoms with Crippen LogP contribution in [0.3, 0.4) is 0 Å². The van der Waals surface area contributed by atoms with E-state index in [4.69, 9.17) is 37.4 Å². The molecule has 0 saturated heterocycles. The zero-order valence-corrected chi connectivity index (χ0v) is 22.3. The van der Waals surface area contributed by atoms with E-state index in [1.54, 1.807) is 42.5 Å². The van der Waals surface area contributed by atoms with Gasteiger partial charge < -0.3 is 24.6 Å². The van der Waals surface area contributed by atoms with Gasteiger partial charge in [-0.15, -0.1) is 10.2 Å². The molecule has 2 aromatic carbocycles. The number of tetrazole rings is 1. The molecule has 0 aliphatic carbocycles. The standard InChI is InChI=1S/C23H23Cl2N5O7S/c1-35-13-37-15-7-5-14(6-8-15)9-10-36-23(34)26-18(11-20(32)33)19(31)12-30-28-22(27-29-30)38-21-16(24)3-2-4-17(21)25/h2-8,18H,9-13H2,1H3,(H,26,34)(H,32,33). The minimum atomic E-state index is -1.36. The van der Waals surface area contributed by atoms with Crippen LogP contribution in [0.5, 0.6) is 5.75 Å². The predicted octanol–water partition coefficient (Wildman–Crippen LogP) is 3.50. The Kier molecular flexibility index (Phi) is 11.1. The van der Waals surface area contributed by atoms with Crippen LogP contribution in [0.25, 0.3) is 0 Å². The van der Waals surface area contributed by atoms with Gasteiger partial charge in [0, 0.05) is 13.5 Å². The lowest BCUT2D eigenvalue weighted by Crippen LogP contribution is -2.44. The van der Waals surface area contributed by atoms with E-state index in [0.717, 1.165) is 22.1 Å². The highest BCUT2D eigenvalue weighted by Crippen LogP contribution is 2.36. The largest absolute Gasteiger partial charge is 0.481 e. The highest BCUT2D eigenvalue weighted by atomic mass is 35.5. The molecular formula is C23H23Cl2N5O7S. The van der Waals surface area contributed by atoms with Gasteiger partial charge in [0.25, 0.3) is 0 Å². The number of carboxylic acid groups (broad SMARTS) is 1. The number of aliphatic carboxylic acids is 1. The molecule has 0 fully saturated rings. The minimum Gasteiger partial charge on any atom is -0.481 e. The van der Waals surface area contributed by atoms with E-state index in [-0.39, 0.29) is 18.6 Å². The fraction of sp³-hybridized carbons (Fsp3) is 0.304. The van der Waals surface area contributed by atoms with E-state index in [1.165, 1.54) is 7.11 Å². The van der Waals surface area contributed by atoms with Gasteiger partial charge in [0.1, 0.15) is 18.3 Å². The summed E-state index contributed by atoms with van der Waals surface area (Å²) in [6.07, 6.45) is -1.18. The van der Waals surface area contributed by atoms with Gasteiger partial charge >= 0.3 is 12.1 Å². The molecule has 3 rings (SSSR count). The van der Waals surface area contributed by atoms with Crippen molar-refractivity contribution in [1.29, 1.82) is 0 Å². The average molecular weight is 584 g/mol. The number of methoxy groups -OCH3 is 1. The van der Waals surface area contributed by atoms with Crippen molar-refractivity contribution in [1.82, 2.24) is 25.5 Å². The first-order valence-corrected chi connectivity index (χ1v) is 12.6. The summed E-state index contributed by atoms with van der Waals surface area (Å²) in [5.74, 6) is -1.30. The third kappa shape index (κ3) is 9.17. The second-order valence-corrected chi connectivity index (χ2v) is 9.39. The van der Waals surface area contributed by atoms with Gasteiger partial charge in [0.05, 0.1) is 28.0 Å². The molecule has 2 N–H and O–H groups in total. The molecule has 0 saturated carbocycles. The predicted molar refractivity (Wildman–Crippen MR) is 137 cm³/mol. The maximum Gasteiger partial charge on any atom is 0.407 e. The van der Waals surface area contributed by atoms with Gasteiger partial charge in [-0.05, 0) is 46.8 Å². The maximum absolute atomic E-state index is 12.7. The zero-order chi connectivity index (χ0) is 27.5. The average Bonchev–Trinajstić information content (AvgIpc) is 3.32. The summed E-state index contributed by atoms with van der Waals surface area (Å²) in [5, 5.41) is 24.2. The number of aromatic nitrogens is 4.